The number of nitrogens with one attached hydrogen (secondary N) is 1. The van der Waals surface area contributed by atoms with Crippen molar-refractivity contribution in [2.75, 3.05) is 26.7 Å². The first-order chi connectivity index (χ1) is 10.1. The molecule has 1 N–H and O–H groups in total. The Balaban J connectivity index is 2.32. The molecule has 1 heterocycles. The Labute approximate surface area is 123 Å². The average Bonchev–Trinajstić information content (AvgIpc) is 2.95. The van der Waals surface area contributed by atoms with E-state index in [1.807, 2.05) is 7.05 Å². The fourth-order valence-corrected chi connectivity index (χ4v) is 2.48. The zero-order valence-corrected chi connectivity index (χ0v) is 12.2. The number of para-hydroxylation sites is 1. The van der Waals surface area contributed by atoms with Gasteiger partial charge in [-0.1, -0.05) is 6.07 Å². The summed E-state index contributed by atoms with van der Waals surface area (Å²) in [4.78, 5) is 24.8. The molecule has 21 heavy (non-hydrogen) atoms. The van der Waals surface area contributed by atoms with Crippen LogP contribution in [0.4, 0.5) is 5.69 Å². The van der Waals surface area contributed by atoms with Crippen LogP contribution < -0.4 is 10.1 Å². The van der Waals surface area contributed by atoms with Gasteiger partial charge in [0.25, 0.3) is 5.91 Å². The van der Waals surface area contributed by atoms with Gasteiger partial charge in [-0.2, -0.15) is 0 Å². The van der Waals surface area contributed by atoms with Crippen molar-refractivity contribution in [2.24, 2.45) is 0 Å². The number of amides is 1. The molecule has 2 rings (SSSR count). The van der Waals surface area contributed by atoms with Gasteiger partial charge in [-0.25, -0.2) is 0 Å². The van der Waals surface area contributed by atoms with Crippen molar-refractivity contribution in [1.29, 1.82) is 0 Å². The summed E-state index contributed by atoms with van der Waals surface area (Å²) in [7, 11) is 1.86. The fourth-order valence-electron chi connectivity index (χ4n) is 2.48. The number of likely N-dealkylation sites (tertiary alicyclic amines) is 1. The highest BCUT2D eigenvalue weighted by Crippen LogP contribution is 2.32. The molecule has 0 aromatic heterocycles. The monoisotopic (exact) mass is 293 g/mol. The van der Waals surface area contributed by atoms with Crippen LogP contribution in [0.15, 0.2) is 18.2 Å². The van der Waals surface area contributed by atoms with Crippen LogP contribution in [0, 0.1) is 10.1 Å². The summed E-state index contributed by atoms with van der Waals surface area (Å²) in [6, 6.07) is 4.71. The maximum atomic E-state index is 12.6. The van der Waals surface area contributed by atoms with Gasteiger partial charge in [0.2, 0.25) is 5.75 Å². The standard InChI is InChI=1S/C14H19N3O4/c1-3-21-13-11(5-4-6-12(13)17(19)20)14(18)16-8-7-10(9-16)15-2/h4-6,10,15H,3,7-9H2,1-2H3. The first kappa shape index (κ1) is 15.2. The molecule has 0 spiro atoms. The number of hydrogen-bond acceptors (Lipinski definition) is 5. The van der Waals surface area contributed by atoms with Gasteiger partial charge in [-0.05, 0) is 26.5 Å². The third-order valence-corrected chi connectivity index (χ3v) is 3.59. The van der Waals surface area contributed by atoms with Crippen LogP contribution in [0.25, 0.3) is 0 Å². The molecule has 1 unspecified atom stereocenters. The molecule has 1 amide bonds. The van der Waals surface area contributed by atoms with E-state index in [4.69, 9.17) is 4.74 Å². The Morgan fingerprint density at radius 1 is 1.57 bits per heavy atom. The topological polar surface area (TPSA) is 84.7 Å². The minimum Gasteiger partial charge on any atom is -0.487 e. The molecule has 114 valence electrons. The van der Waals surface area contributed by atoms with Gasteiger partial charge in [0.05, 0.1) is 17.1 Å². The Morgan fingerprint density at radius 3 is 2.90 bits per heavy atom. The van der Waals surface area contributed by atoms with E-state index in [0.29, 0.717) is 13.1 Å². The van der Waals surface area contributed by atoms with Gasteiger partial charge in [0.15, 0.2) is 0 Å². The molecule has 0 aliphatic carbocycles. The van der Waals surface area contributed by atoms with Crippen molar-refractivity contribution in [2.45, 2.75) is 19.4 Å². The molecule has 7 nitrogen and oxygen atoms in total. The van der Waals surface area contributed by atoms with Gasteiger partial charge in [-0.15, -0.1) is 0 Å². The zero-order chi connectivity index (χ0) is 15.4. The van der Waals surface area contributed by atoms with E-state index >= 15 is 0 Å². The van der Waals surface area contributed by atoms with E-state index in [-0.39, 0.29) is 35.6 Å². The predicted octanol–water partition coefficient (Wildman–Crippen LogP) is 1.43. The molecule has 7 heteroatoms. The predicted molar refractivity (Wildman–Crippen MR) is 77.6 cm³/mol. The number of ether oxygens (including phenoxy) is 1. The minimum atomic E-state index is -0.526. The van der Waals surface area contributed by atoms with Crippen molar-refractivity contribution < 1.29 is 14.5 Å². The molecule has 0 radical (unpaired) electrons. The summed E-state index contributed by atoms with van der Waals surface area (Å²) in [5.41, 5.74) is 0.0786. The van der Waals surface area contributed by atoms with Crippen LogP contribution in [0.3, 0.4) is 0 Å². The first-order valence-corrected chi connectivity index (χ1v) is 6.95. The van der Waals surface area contributed by atoms with Gasteiger partial charge in [-0.3, -0.25) is 14.9 Å². The first-order valence-electron chi connectivity index (χ1n) is 6.95. The third kappa shape index (κ3) is 3.13. The number of nitro groups is 1. The number of carbonyl (C=O) groups excluding carboxylic acids is 1. The summed E-state index contributed by atoms with van der Waals surface area (Å²) >= 11 is 0. The number of nitro benzene ring substituents is 1. The molecule has 1 atom stereocenters. The number of hydrogen-bond donors (Lipinski definition) is 1. The summed E-state index contributed by atoms with van der Waals surface area (Å²) in [6.45, 7) is 3.24. The molecule has 1 saturated heterocycles. The molecule has 0 bridgehead atoms. The second-order valence-corrected chi connectivity index (χ2v) is 4.87. The van der Waals surface area contributed by atoms with Crippen molar-refractivity contribution in [3.8, 4) is 5.75 Å². The third-order valence-electron chi connectivity index (χ3n) is 3.59. The average molecular weight is 293 g/mol. The highest BCUT2D eigenvalue weighted by Gasteiger charge is 2.30. The maximum Gasteiger partial charge on any atom is 0.311 e. The van der Waals surface area contributed by atoms with E-state index < -0.39 is 4.92 Å². The van der Waals surface area contributed by atoms with Crippen molar-refractivity contribution in [1.82, 2.24) is 10.2 Å². The van der Waals surface area contributed by atoms with E-state index in [1.54, 1.807) is 17.9 Å². The Morgan fingerprint density at radius 2 is 2.33 bits per heavy atom. The summed E-state index contributed by atoms with van der Waals surface area (Å²) in [6.07, 6.45) is 0.876. The largest absolute Gasteiger partial charge is 0.487 e. The van der Waals surface area contributed by atoms with E-state index in [0.717, 1.165) is 6.42 Å². The zero-order valence-electron chi connectivity index (χ0n) is 12.2. The lowest BCUT2D eigenvalue weighted by atomic mass is 10.1. The number of carbonyl (C=O) groups is 1. The quantitative estimate of drug-likeness (QED) is 0.655. The highest BCUT2D eigenvalue weighted by molar-refractivity contribution is 5.98. The molecule has 1 fully saturated rings. The van der Waals surface area contributed by atoms with Crippen molar-refractivity contribution in [3.05, 3.63) is 33.9 Å². The molecule has 1 aromatic carbocycles. The van der Waals surface area contributed by atoms with Crippen LogP contribution in [0.2, 0.25) is 0 Å². The van der Waals surface area contributed by atoms with Gasteiger partial charge < -0.3 is 15.0 Å². The van der Waals surface area contributed by atoms with Gasteiger partial charge >= 0.3 is 5.69 Å². The van der Waals surface area contributed by atoms with Gasteiger partial charge in [0, 0.05) is 25.2 Å². The van der Waals surface area contributed by atoms with Crippen LogP contribution in [-0.2, 0) is 0 Å². The maximum absolute atomic E-state index is 12.6. The lowest BCUT2D eigenvalue weighted by Gasteiger charge is -2.18. The van der Waals surface area contributed by atoms with E-state index in [1.165, 1.54) is 12.1 Å². The molecule has 1 aliphatic heterocycles. The number of rotatable bonds is 5. The molecule has 1 aliphatic rings. The van der Waals surface area contributed by atoms with Gasteiger partial charge in [0.1, 0.15) is 0 Å². The minimum absolute atomic E-state index is 0.0582. The smallest absolute Gasteiger partial charge is 0.311 e. The van der Waals surface area contributed by atoms with Crippen molar-refractivity contribution in [3.63, 3.8) is 0 Å². The van der Waals surface area contributed by atoms with Crippen molar-refractivity contribution >= 4 is 11.6 Å². The fraction of sp³-hybridized carbons (Fsp3) is 0.500. The van der Waals surface area contributed by atoms with E-state index in [9.17, 15) is 14.9 Å². The molecule has 1 aromatic rings. The molecular formula is C14H19N3O4. The number of benzene rings is 1. The second-order valence-electron chi connectivity index (χ2n) is 4.87. The van der Waals surface area contributed by atoms with Crippen LogP contribution in [0.1, 0.15) is 23.7 Å². The Bertz CT molecular complexity index is 547. The summed E-state index contributed by atoms with van der Waals surface area (Å²) in [5.74, 6) is -0.164. The number of nitrogens with zero attached hydrogens (tertiary/aromatic N) is 2. The second kappa shape index (κ2) is 6.53. The Hall–Kier alpha value is -2.15. The van der Waals surface area contributed by atoms with E-state index in [2.05, 4.69) is 5.32 Å². The molecular weight excluding hydrogens is 274 g/mol. The molecule has 0 saturated carbocycles. The van der Waals surface area contributed by atoms with Crippen LogP contribution in [-0.4, -0.2) is 48.5 Å². The van der Waals surface area contributed by atoms with Crippen LogP contribution >= 0.6 is 0 Å². The normalized spacial score (nSPS) is 17.8. The summed E-state index contributed by atoms with van der Waals surface area (Å²) < 4.78 is 5.36. The SMILES string of the molecule is CCOc1c(C(=O)N2CCC(NC)C2)cccc1[N+](=O)[O-]. The lowest BCUT2D eigenvalue weighted by molar-refractivity contribution is -0.385. The number of likely N-dealkylation sites (N-methyl/N-ethyl adjacent to an activating group) is 1. The highest BCUT2D eigenvalue weighted by atomic mass is 16.6. The van der Waals surface area contributed by atoms with Crippen LogP contribution in [0.5, 0.6) is 5.75 Å². The lowest BCUT2D eigenvalue weighted by Crippen LogP contribution is -2.33. The Kier molecular flexibility index (Phi) is 4.74. The summed E-state index contributed by atoms with van der Waals surface area (Å²) in [5, 5.41) is 14.2.